The van der Waals surface area contributed by atoms with Gasteiger partial charge in [-0.05, 0) is 45.9 Å². The highest BCUT2D eigenvalue weighted by molar-refractivity contribution is 9.10. The summed E-state index contributed by atoms with van der Waals surface area (Å²) in [6.45, 7) is 2.68. The van der Waals surface area contributed by atoms with E-state index in [4.69, 9.17) is 4.42 Å². The number of carbonyl (C=O) groups excluding carboxylic acids is 1. The largest absolute Gasteiger partial charge is 0.457 e. The zero-order valence-corrected chi connectivity index (χ0v) is 12.0. The number of thiophene rings is 1. The van der Waals surface area contributed by atoms with Crippen LogP contribution in [0.1, 0.15) is 20.8 Å². The second-order valence-corrected chi connectivity index (χ2v) is 5.52. The molecule has 0 unspecified atom stereocenters. The second kappa shape index (κ2) is 5.06. The Hall–Kier alpha value is -1.07. The van der Waals surface area contributed by atoms with Crippen LogP contribution in [0.15, 0.2) is 32.9 Å². The SMILES string of the molecule is Cc1ccsc1CN(C)C(=O)c1ccoc1Br. The number of halogens is 1. The molecule has 0 saturated heterocycles. The molecule has 0 radical (unpaired) electrons. The van der Waals surface area contributed by atoms with Gasteiger partial charge in [-0.2, -0.15) is 0 Å². The first-order chi connectivity index (χ1) is 8.09. The van der Waals surface area contributed by atoms with Crippen molar-refractivity contribution in [2.75, 3.05) is 7.05 Å². The van der Waals surface area contributed by atoms with Crippen molar-refractivity contribution in [3.63, 3.8) is 0 Å². The fourth-order valence-electron chi connectivity index (χ4n) is 1.51. The van der Waals surface area contributed by atoms with Gasteiger partial charge >= 0.3 is 0 Å². The Kier molecular flexibility index (Phi) is 3.69. The van der Waals surface area contributed by atoms with E-state index in [0.717, 1.165) is 0 Å². The molecule has 0 aliphatic rings. The third kappa shape index (κ3) is 2.61. The van der Waals surface area contributed by atoms with Gasteiger partial charge in [0, 0.05) is 11.9 Å². The molecule has 0 atom stereocenters. The fourth-order valence-corrected chi connectivity index (χ4v) is 2.87. The number of furan rings is 1. The molecule has 0 bridgehead atoms. The molecule has 0 aliphatic carbocycles. The molecule has 17 heavy (non-hydrogen) atoms. The van der Waals surface area contributed by atoms with E-state index in [1.165, 1.54) is 16.7 Å². The average molecular weight is 314 g/mol. The van der Waals surface area contributed by atoms with Crippen molar-refractivity contribution < 1.29 is 9.21 Å². The maximum absolute atomic E-state index is 12.1. The standard InChI is InChI=1S/C12H12BrNO2S/c1-8-4-6-17-10(8)7-14(2)12(15)9-3-5-16-11(9)13/h3-6H,7H2,1-2H3. The van der Waals surface area contributed by atoms with E-state index in [0.29, 0.717) is 16.8 Å². The Morgan fingerprint density at radius 1 is 1.53 bits per heavy atom. The van der Waals surface area contributed by atoms with Crippen LogP contribution in [0.25, 0.3) is 0 Å². The van der Waals surface area contributed by atoms with Gasteiger partial charge in [-0.15, -0.1) is 11.3 Å². The summed E-state index contributed by atoms with van der Waals surface area (Å²) in [5, 5.41) is 2.04. The average Bonchev–Trinajstić information content (AvgIpc) is 2.88. The highest BCUT2D eigenvalue weighted by Gasteiger charge is 2.17. The van der Waals surface area contributed by atoms with E-state index in [9.17, 15) is 4.79 Å². The van der Waals surface area contributed by atoms with Crippen LogP contribution in [0.2, 0.25) is 0 Å². The maximum atomic E-state index is 12.1. The fraction of sp³-hybridized carbons (Fsp3) is 0.250. The van der Waals surface area contributed by atoms with Crippen molar-refractivity contribution >= 4 is 33.2 Å². The Labute approximate surface area is 112 Å². The minimum atomic E-state index is -0.0431. The highest BCUT2D eigenvalue weighted by atomic mass is 79.9. The van der Waals surface area contributed by atoms with Crippen molar-refractivity contribution in [1.29, 1.82) is 0 Å². The molecular weight excluding hydrogens is 302 g/mol. The third-order valence-electron chi connectivity index (χ3n) is 2.54. The number of hydrogen-bond acceptors (Lipinski definition) is 3. The molecule has 0 spiro atoms. The Bertz CT molecular complexity index is 532. The maximum Gasteiger partial charge on any atom is 0.258 e. The van der Waals surface area contributed by atoms with Crippen LogP contribution in [0, 0.1) is 6.92 Å². The summed E-state index contributed by atoms with van der Waals surface area (Å²) in [6, 6.07) is 3.73. The molecule has 2 aromatic rings. The van der Waals surface area contributed by atoms with Crippen LogP contribution in [0.3, 0.4) is 0 Å². The van der Waals surface area contributed by atoms with E-state index in [1.54, 1.807) is 29.4 Å². The second-order valence-electron chi connectivity index (χ2n) is 3.80. The minimum absolute atomic E-state index is 0.0431. The summed E-state index contributed by atoms with van der Waals surface area (Å²) < 4.78 is 5.55. The van der Waals surface area contributed by atoms with Crippen molar-refractivity contribution in [3.8, 4) is 0 Å². The normalized spacial score (nSPS) is 10.5. The van der Waals surface area contributed by atoms with Gasteiger partial charge in [0.05, 0.1) is 18.4 Å². The summed E-state index contributed by atoms with van der Waals surface area (Å²) in [4.78, 5) is 15.0. The van der Waals surface area contributed by atoms with Gasteiger partial charge in [0.15, 0.2) is 4.67 Å². The van der Waals surface area contributed by atoms with E-state index < -0.39 is 0 Å². The van der Waals surface area contributed by atoms with E-state index in [2.05, 4.69) is 28.9 Å². The zero-order valence-electron chi connectivity index (χ0n) is 9.57. The smallest absolute Gasteiger partial charge is 0.258 e. The van der Waals surface area contributed by atoms with E-state index >= 15 is 0 Å². The number of rotatable bonds is 3. The number of nitrogens with zero attached hydrogens (tertiary/aromatic N) is 1. The van der Waals surface area contributed by atoms with Crippen molar-refractivity contribution in [2.24, 2.45) is 0 Å². The Morgan fingerprint density at radius 2 is 2.29 bits per heavy atom. The van der Waals surface area contributed by atoms with Gasteiger partial charge in [-0.25, -0.2) is 0 Å². The molecule has 90 valence electrons. The zero-order chi connectivity index (χ0) is 12.4. The molecule has 3 nitrogen and oxygen atoms in total. The molecule has 2 heterocycles. The van der Waals surface area contributed by atoms with Gasteiger partial charge in [-0.3, -0.25) is 4.79 Å². The predicted octanol–water partition coefficient (Wildman–Crippen LogP) is 3.68. The number of carbonyl (C=O) groups is 1. The molecule has 1 amide bonds. The molecule has 0 fully saturated rings. The Balaban J connectivity index is 2.11. The monoisotopic (exact) mass is 313 g/mol. The number of hydrogen-bond donors (Lipinski definition) is 0. The summed E-state index contributed by atoms with van der Waals surface area (Å²) in [5.41, 5.74) is 1.78. The Morgan fingerprint density at radius 3 is 2.82 bits per heavy atom. The van der Waals surface area contributed by atoms with Crippen LogP contribution >= 0.6 is 27.3 Å². The lowest BCUT2D eigenvalue weighted by Gasteiger charge is -2.16. The summed E-state index contributed by atoms with van der Waals surface area (Å²) >= 11 is 4.88. The summed E-state index contributed by atoms with van der Waals surface area (Å²) in [6.07, 6.45) is 1.50. The molecular formula is C12H12BrNO2S. The first-order valence-corrected chi connectivity index (χ1v) is 6.78. The van der Waals surface area contributed by atoms with Crippen LogP contribution in [-0.4, -0.2) is 17.9 Å². The van der Waals surface area contributed by atoms with Crippen LogP contribution in [0.5, 0.6) is 0 Å². The van der Waals surface area contributed by atoms with Crippen molar-refractivity contribution in [2.45, 2.75) is 13.5 Å². The molecule has 0 aliphatic heterocycles. The van der Waals surface area contributed by atoms with Gasteiger partial charge in [0.2, 0.25) is 0 Å². The molecule has 0 saturated carbocycles. The van der Waals surface area contributed by atoms with Crippen molar-refractivity contribution in [1.82, 2.24) is 4.90 Å². The molecule has 5 heteroatoms. The minimum Gasteiger partial charge on any atom is -0.457 e. The predicted molar refractivity (Wildman–Crippen MR) is 71.3 cm³/mol. The molecule has 2 rings (SSSR count). The van der Waals surface area contributed by atoms with E-state index in [1.807, 2.05) is 5.38 Å². The number of amides is 1. The van der Waals surface area contributed by atoms with Gasteiger partial charge in [0.1, 0.15) is 0 Å². The van der Waals surface area contributed by atoms with Crippen LogP contribution < -0.4 is 0 Å². The molecule has 2 aromatic heterocycles. The van der Waals surface area contributed by atoms with Gasteiger partial charge < -0.3 is 9.32 Å². The molecule has 0 N–H and O–H groups in total. The first kappa shape index (κ1) is 12.4. The quantitative estimate of drug-likeness (QED) is 0.866. The first-order valence-electron chi connectivity index (χ1n) is 5.11. The van der Waals surface area contributed by atoms with Crippen LogP contribution in [0.4, 0.5) is 0 Å². The summed E-state index contributed by atoms with van der Waals surface area (Å²) in [5.74, 6) is -0.0431. The topological polar surface area (TPSA) is 33.5 Å². The van der Waals surface area contributed by atoms with Gasteiger partial charge in [0.25, 0.3) is 5.91 Å². The third-order valence-corrected chi connectivity index (χ3v) is 4.17. The summed E-state index contributed by atoms with van der Waals surface area (Å²) in [7, 11) is 1.79. The lowest BCUT2D eigenvalue weighted by Crippen LogP contribution is -2.25. The molecule has 0 aromatic carbocycles. The lowest BCUT2D eigenvalue weighted by atomic mass is 10.2. The van der Waals surface area contributed by atoms with E-state index in [-0.39, 0.29) is 5.91 Å². The van der Waals surface area contributed by atoms with Crippen molar-refractivity contribution in [3.05, 3.63) is 44.4 Å². The highest BCUT2D eigenvalue weighted by Crippen LogP contribution is 2.22. The number of aryl methyl sites for hydroxylation is 1. The lowest BCUT2D eigenvalue weighted by molar-refractivity contribution is 0.0784. The van der Waals surface area contributed by atoms with Gasteiger partial charge in [-0.1, -0.05) is 0 Å². The van der Waals surface area contributed by atoms with Crippen LogP contribution in [-0.2, 0) is 6.54 Å².